The van der Waals surface area contributed by atoms with E-state index in [9.17, 15) is 0 Å². The molecule has 2 N–H and O–H groups in total. The standard InChI is InChI=1S/C16H20N2O/c1-4-19-15-8-14(9-18-10-15)16(17)13-6-5-11(2)12(3)7-13/h5-10,16H,4,17H2,1-3H3. The predicted octanol–water partition coefficient (Wildman–Crippen LogP) is 3.15. The Balaban J connectivity index is 2.29. The van der Waals surface area contributed by atoms with Crippen molar-refractivity contribution in [2.24, 2.45) is 5.73 Å². The molecular weight excluding hydrogens is 236 g/mol. The van der Waals surface area contributed by atoms with Crippen molar-refractivity contribution in [1.29, 1.82) is 0 Å². The summed E-state index contributed by atoms with van der Waals surface area (Å²) in [6.07, 6.45) is 3.50. The van der Waals surface area contributed by atoms with Gasteiger partial charge in [-0.25, -0.2) is 0 Å². The smallest absolute Gasteiger partial charge is 0.137 e. The first-order chi connectivity index (χ1) is 9.11. The predicted molar refractivity (Wildman–Crippen MR) is 77.4 cm³/mol. The van der Waals surface area contributed by atoms with Crippen molar-refractivity contribution in [1.82, 2.24) is 4.98 Å². The fraction of sp³-hybridized carbons (Fsp3) is 0.312. The van der Waals surface area contributed by atoms with Gasteiger partial charge in [-0.1, -0.05) is 18.2 Å². The van der Waals surface area contributed by atoms with Crippen LogP contribution in [0.4, 0.5) is 0 Å². The number of hydrogen-bond donors (Lipinski definition) is 1. The molecule has 0 spiro atoms. The molecule has 1 unspecified atom stereocenters. The van der Waals surface area contributed by atoms with Gasteiger partial charge in [-0.3, -0.25) is 4.98 Å². The Morgan fingerprint density at radius 3 is 2.58 bits per heavy atom. The number of aromatic nitrogens is 1. The topological polar surface area (TPSA) is 48.1 Å². The zero-order valence-electron chi connectivity index (χ0n) is 11.7. The molecule has 0 fully saturated rings. The van der Waals surface area contributed by atoms with Crippen molar-refractivity contribution in [2.45, 2.75) is 26.8 Å². The summed E-state index contributed by atoms with van der Waals surface area (Å²) < 4.78 is 5.46. The quantitative estimate of drug-likeness (QED) is 0.914. The minimum Gasteiger partial charge on any atom is -0.492 e. The van der Waals surface area contributed by atoms with Crippen LogP contribution in [0.2, 0.25) is 0 Å². The number of benzene rings is 1. The maximum Gasteiger partial charge on any atom is 0.137 e. The summed E-state index contributed by atoms with van der Waals surface area (Å²) in [5.74, 6) is 0.763. The van der Waals surface area contributed by atoms with Crippen LogP contribution in [0.1, 0.15) is 35.2 Å². The summed E-state index contributed by atoms with van der Waals surface area (Å²) in [5.41, 5.74) is 10.9. The summed E-state index contributed by atoms with van der Waals surface area (Å²) in [6.45, 7) is 6.78. The fourth-order valence-corrected chi connectivity index (χ4v) is 2.00. The van der Waals surface area contributed by atoms with E-state index in [1.807, 2.05) is 13.0 Å². The lowest BCUT2D eigenvalue weighted by Gasteiger charge is -2.15. The normalized spacial score (nSPS) is 12.2. The molecule has 0 bridgehead atoms. The van der Waals surface area contributed by atoms with E-state index in [0.717, 1.165) is 16.9 Å². The van der Waals surface area contributed by atoms with E-state index in [2.05, 4.69) is 37.0 Å². The second-order valence-electron chi connectivity index (χ2n) is 4.71. The van der Waals surface area contributed by atoms with Gasteiger partial charge in [0.25, 0.3) is 0 Å². The number of hydrogen-bond acceptors (Lipinski definition) is 3. The molecule has 0 saturated heterocycles. The van der Waals surface area contributed by atoms with E-state index < -0.39 is 0 Å². The molecule has 0 aliphatic heterocycles. The zero-order chi connectivity index (χ0) is 13.8. The lowest BCUT2D eigenvalue weighted by molar-refractivity contribution is 0.338. The van der Waals surface area contributed by atoms with Crippen molar-refractivity contribution < 1.29 is 4.74 Å². The van der Waals surface area contributed by atoms with Crippen molar-refractivity contribution >= 4 is 0 Å². The monoisotopic (exact) mass is 256 g/mol. The van der Waals surface area contributed by atoms with Gasteiger partial charge in [0.1, 0.15) is 5.75 Å². The minimum absolute atomic E-state index is 0.174. The molecule has 1 atom stereocenters. The Bertz CT molecular complexity index is 566. The maximum atomic E-state index is 6.30. The summed E-state index contributed by atoms with van der Waals surface area (Å²) >= 11 is 0. The molecule has 0 radical (unpaired) electrons. The van der Waals surface area contributed by atoms with E-state index >= 15 is 0 Å². The number of ether oxygens (including phenoxy) is 1. The number of nitrogens with zero attached hydrogens (tertiary/aromatic N) is 1. The van der Waals surface area contributed by atoms with Gasteiger partial charge in [0, 0.05) is 6.20 Å². The molecule has 0 aliphatic carbocycles. The highest BCUT2D eigenvalue weighted by atomic mass is 16.5. The molecule has 1 aromatic carbocycles. The van der Waals surface area contributed by atoms with Crippen LogP contribution in [0.15, 0.2) is 36.7 Å². The number of rotatable bonds is 4. The van der Waals surface area contributed by atoms with Crippen molar-refractivity contribution in [2.75, 3.05) is 6.61 Å². The van der Waals surface area contributed by atoms with Crippen LogP contribution in [-0.2, 0) is 0 Å². The highest BCUT2D eigenvalue weighted by Crippen LogP contribution is 2.23. The highest BCUT2D eigenvalue weighted by molar-refractivity contribution is 5.37. The molecule has 1 heterocycles. The van der Waals surface area contributed by atoms with Gasteiger partial charge < -0.3 is 10.5 Å². The van der Waals surface area contributed by atoms with Gasteiger partial charge in [-0.05, 0) is 49.1 Å². The zero-order valence-corrected chi connectivity index (χ0v) is 11.7. The highest BCUT2D eigenvalue weighted by Gasteiger charge is 2.11. The Hall–Kier alpha value is -1.87. The summed E-state index contributed by atoms with van der Waals surface area (Å²) in [6, 6.07) is 8.08. The van der Waals surface area contributed by atoms with E-state index in [1.165, 1.54) is 11.1 Å². The second kappa shape index (κ2) is 5.85. The first-order valence-corrected chi connectivity index (χ1v) is 6.52. The van der Waals surface area contributed by atoms with E-state index in [-0.39, 0.29) is 6.04 Å². The van der Waals surface area contributed by atoms with Crippen LogP contribution >= 0.6 is 0 Å². The lowest BCUT2D eigenvalue weighted by Crippen LogP contribution is -2.12. The summed E-state index contributed by atoms with van der Waals surface area (Å²) in [5, 5.41) is 0. The molecule has 0 amide bonds. The van der Waals surface area contributed by atoms with Gasteiger partial charge in [-0.2, -0.15) is 0 Å². The first kappa shape index (κ1) is 13.6. The molecule has 19 heavy (non-hydrogen) atoms. The Labute approximate surface area is 114 Å². The second-order valence-corrected chi connectivity index (χ2v) is 4.71. The third-order valence-corrected chi connectivity index (χ3v) is 3.29. The van der Waals surface area contributed by atoms with Crippen molar-refractivity contribution in [3.8, 4) is 5.75 Å². The molecule has 3 nitrogen and oxygen atoms in total. The Morgan fingerprint density at radius 2 is 1.89 bits per heavy atom. The summed E-state index contributed by atoms with van der Waals surface area (Å²) in [7, 11) is 0. The van der Waals surface area contributed by atoms with Crippen LogP contribution in [0.3, 0.4) is 0 Å². The van der Waals surface area contributed by atoms with Crippen LogP contribution < -0.4 is 10.5 Å². The largest absolute Gasteiger partial charge is 0.492 e. The third kappa shape index (κ3) is 3.12. The lowest BCUT2D eigenvalue weighted by atomic mass is 9.97. The summed E-state index contributed by atoms with van der Waals surface area (Å²) in [4.78, 5) is 4.18. The Kier molecular flexibility index (Phi) is 4.17. The number of aryl methyl sites for hydroxylation is 2. The van der Waals surface area contributed by atoms with Crippen LogP contribution in [0, 0.1) is 13.8 Å². The minimum atomic E-state index is -0.174. The molecule has 1 aromatic heterocycles. The van der Waals surface area contributed by atoms with Gasteiger partial charge >= 0.3 is 0 Å². The molecule has 2 rings (SSSR count). The van der Waals surface area contributed by atoms with Gasteiger partial charge in [0.15, 0.2) is 0 Å². The fourth-order valence-electron chi connectivity index (χ4n) is 2.00. The molecule has 3 heteroatoms. The van der Waals surface area contributed by atoms with Crippen LogP contribution in [0.25, 0.3) is 0 Å². The first-order valence-electron chi connectivity index (χ1n) is 6.52. The van der Waals surface area contributed by atoms with Crippen molar-refractivity contribution in [3.63, 3.8) is 0 Å². The average molecular weight is 256 g/mol. The molecular formula is C16H20N2O. The van der Waals surface area contributed by atoms with Crippen LogP contribution in [-0.4, -0.2) is 11.6 Å². The van der Waals surface area contributed by atoms with E-state index in [1.54, 1.807) is 12.4 Å². The van der Waals surface area contributed by atoms with Crippen molar-refractivity contribution in [3.05, 3.63) is 58.9 Å². The molecule has 100 valence electrons. The van der Waals surface area contributed by atoms with Gasteiger partial charge in [0.2, 0.25) is 0 Å². The number of pyridine rings is 1. The van der Waals surface area contributed by atoms with Gasteiger partial charge in [0.05, 0.1) is 18.8 Å². The SMILES string of the molecule is CCOc1cncc(C(N)c2ccc(C)c(C)c2)c1. The van der Waals surface area contributed by atoms with Crippen LogP contribution in [0.5, 0.6) is 5.75 Å². The van der Waals surface area contributed by atoms with E-state index in [4.69, 9.17) is 10.5 Å². The number of nitrogens with two attached hydrogens (primary N) is 1. The molecule has 0 aliphatic rings. The molecule has 0 saturated carbocycles. The average Bonchev–Trinajstić information content (AvgIpc) is 2.42. The van der Waals surface area contributed by atoms with E-state index in [0.29, 0.717) is 6.61 Å². The van der Waals surface area contributed by atoms with Gasteiger partial charge in [-0.15, -0.1) is 0 Å². The maximum absolute atomic E-state index is 6.30. The Morgan fingerprint density at radius 1 is 1.11 bits per heavy atom. The molecule has 2 aromatic rings. The third-order valence-electron chi connectivity index (χ3n) is 3.29.